The van der Waals surface area contributed by atoms with Crippen molar-refractivity contribution in [2.45, 2.75) is 57.9 Å². The standard InChI is InChI=1S/C18H29NO/c1-14-9-10-18(20-3)16(11-14)13-17(19-2)12-15-7-5-4-6-8-15/h9-11,15,17,19H,4-8,12-13H2,1-3H3. The van der Waals surface area contributed by atoms with Crippen molar-refractivity contribution in [3.05, 3.63) is 29.3 Å². The van der Waals surface area contributed by atoms with Gasteiger partial charge in [0.25, 0.3) is 0 Å². The summed E-state index contributed by atoms with van der Waals surface area (Å²) in [7, 11) is 3.86. The number of likely N-dealkylation sites (N-methyl/N-ethyl adjacent to an activating group) is 1. The van der Waals surface area contributed by atoms with E-state index in [4.69, 9.17) is 4.74 Å². The molecule has 1 aromatic rings. The Balaban J connectivity index is 1.99. The fourth-order valence-corrected chi connectivity index (χ4v) is 3.46. The number of methoxy groups -OCH3 is 1. The molecule has 1 saturated carbocycles. The molecule has 0 aliphatic heterocycles. The average Bonchev–Trinajstić information content (AvgIpc) is 2.48. The van der Waals surface area contributed by atoms with E-state index in [1.807, 2.05) is 0 Å². The minimum atomic E-state index is 0.564. The molecule has 2 nitrogen and oxygen atoms in total. The summed E-state index contributed by atoms with van der Waals surface area (Å²) in [5.74, 6) is 1.94. The molecule has 1 aliphatic carbocycles. The van der Waals surface area contributed by atoms with Gasteiger partial charge in [0, 0.05) is 6.04 Å². The highest BCUT2D eigenvalue weighted by Gasteiger charge is 2.19. The second kappa shape index (κ2) is 7.68. The quantitative estimate of drug-likeness (QED) is 0.844. The second-order valence-corrected chi connectivity index (χ2v) is 6.24. The normalized spacial score (nSPS) is 17.9. The van der Waals surface area contributed by atoms with Crippen LogP contribution in [-0.2, 0) is 6.42 Å². The van der Waals surface area contributed by atoms with Gasteiger partial charge in [-0.3, -0.25) is 0 Å². The maximum Gasteiger partial charge on any atom is 0.122 e. The molecule has 0 radical (unpaired) electrons. The number of nitrogens with one attached hydrogen (secondary N) is 1. The summed E-state index contributed by atoms with van der Waals surface area (Å²) in [6, 6.07) is 7.05. The smallest absolute Gasteiger partial charge is 0.122 e. The number of hydrogen-bond donors (Lipinski definition) is 1. The SMILES string of the molecule is CNC(Cc1cc(C)ccc1OC)CC1CCCCC1. The van der Waals surface area contributed by atoms with Crippen LogP contribution in [0.5, 0.6) is 5.75 Å². The summed E-state index contributed by atoms with van der Waals surface area (Å²) in [4.78, 5) is 0. The second-order valence-electron chi connectivity index (χ2n) is 6.24. The van der Waals surface area contributed by atoms with Gasteiger partial charge in [-0.05, 0) is 44.4 Å². The number of rotatable bonds is 6. The van der Waals surface area contributed by atoms with E-state index in [1.165, 1.54) is 49.7 Å². The first-order valence-corrected chi connectivity index (χ1v) is 8.03. The van der Waals surface area contributed by atoms with Crippen molar-refractivity contribution in [2.75, 3.05) is 14.2 Å². The van der Waals surface area contributed by atoms with E-state index in [1.54, 1.807) is 7.11 Å². The van der Waals surface area contributed by atoms with Crippen LogP contribution in [0, 0.1) is 12.8 Å². The van der Waals surface area contributed by atoms with Crippen molar-refractivity contribution in [2.24, 2.45) is 5.92 Å². The predicted molar refractivity (Wildman–Crippen MR) is 85.5 cm³/mol. The van der Waals surface area contributed by atoms with Crippen molar-refractivity contribution in [1.82, 2.24) is 5.32 Å². The van der Waals surface area contributed by atoms with Gasteiger partial charge in [0.15, 0.2) is 0 Å². The van der Waals surface area contributed by atoms with Gasteiger partial charge >= 0.3 is 0 Å². The van der Waals surface area contributed by atoms with Crippen LogP contribution in [0.4, 0.5) is 0 Å². The van der Waals surface area contributed by atoms with E-state index in [0.29, 0.717) is 6.04 Å². The molecule has 0 heterocycles. The monoisotopic (exact) mass is 275 g/mol. The van der Waals surface area contributed by atoms with E-state index in [2.05, 4.69) is 37.5 Å². The third-order valence-electron chi connectivity index (χ3n) is 4.65. The fraction of sp³-hybridized carbons (Fsp3) is 0.667. The lowest BCUT2D eigenvalue weighted by atomic mass is 9.83. The molecule has 1 fully saturated rings. The number of hydrogen-bond acceptors (Lipinski definition) is 2. The fourth-order valence-electron chi connectivity index (χ4n) is 3.46. The van der Waals surface area contributed by atoms with Crippen molar-refractivity contribution in [3.63, 3.8) is 0 Å². The topological polar surface area (TPSA) is 21.3 Å². The lowest BCUT2D eigenvalue weighted by molar-refractivity contribution is 0.301. The van der Waals surface area contributed by atoms with Gasteiger partial charge in [-0.2, -0.15) is 0 Å². The molecule has 0 bridgehead atoms. The maximum absolute atomic E-state index is 5.51. The summed E-state index contributed by atoms with van der Waals surface area (Å²) in [6.45, 7) is 2.15. The molecule has 0 amide bonds. The molecule has 0 spiro atoms. The zero-order valence-electron chi connectivity index (χ0n) is 13.2. The van der Waals surface area contributed by atoms with Crippen LogP contribution in [-0.4, -0.2) is 20.2 Å². The minimum absolute atomic E-state index is 0.564. The maximum atomic E-state index is 5.51. The predicted octanol–water partition coefficient (Wildman–Crippen LogP) is 4.10. The molecule has 1 atom stereocenters. The van der Waals surface area contributed by atoms with Gasteiger partial charge in [0.05, 0.1) is 7.11 Å². The van der Waals surface area contributed by atoms with Crippen LogP contribution in [0.1, 0.15) is 49.7 Å². The first-order valence-electron chi connectivity index (χ1n) is 8.03. The number of benzene rings is 1. The van der Waals surface area contributed by atoms with Crippen LogP contribution < -0.4 is 10.1 Å². The van der Waals surface area contributed by atoms with Crippen molar-refractivity contribution < 1.29 is 4.74 Å². The van der Waals surface area contributed by atoms with Gasteiger partial charge in [0.2, 0.25) is 0 Å². The largest absolute Gasteiger partial charge is 0.496 e. The molecular formula is C18H29NO. The Hall–Kier alpha value is -1.02. The summed E-state index contributed by atoms with van der Waals surface area (Å²) in [5.41, 5.74) is 2.65. The van der Waals surface area contributed by atoms with Crippen LogP contribution in [0.3, 0.4) is 0 Å². The average molecular weight is 275 g/mol. The lowest BCUT2D eigenvalue weighted by Gasteiger charge is -2.27. The molecule has 1 unspecified atom stereocenters. The number of aryl methyl sites for hydroxylation is 1. The Morgan fingerprint density at radius 3 is 2.65 bits per heavy atom. The van der Waals surface area contributed by atoms with Crippen LogP contribution in [0.2, 0.25) is 0 Å². The summed E-state index contributed by atoms with van der Waals surface area (Å²) < 4.78 is 5.51. The highest BCUT2D eigenvalue weighted by Crippen LogP contribution is 2.29. The zero-order valence-corrected chi connectivity index (χ0v) is 13.2. The minimum Gasteiger partial charge on any atom is -0.496 e. The van der Waals surface area contributed by atoms with E-state index in [-0.39, 0.29) is 0 Å². The molecular weight excluding hydrogens is 246 g/mol. The molecule has 0 aromatic heterocycles. The summed E-state index contributed by atoms with van der Waals surface area (Å²) >= 11 is 0. The first-order chi connectivity index (χ1) is 9.72. The van der Waals surface area contributed by atoms with Crippen molar-refractivity contribution >= 4 is 0 Å². The summed E-state index contributed by atoms with van der Waals surface area (Å²) in [5, 5.41) is 3.51. The summed E-state index contributed by atoms with van der Waals surface area (Å²) in [6.07, 6.45) is 9.49. The molecule has 20 heavy (non-hydrogen) atoms. The molecule has 1 aromatic carbocycles. The first kappa shape index (κ1) is 15.4. The Morgan fingerprint density at radius 2 is 2.00 bits per heavy atom. The van der Waals surface area contributed by atoms with E-state index in [0.717, 1.165) is 18.1 Å². The third-order valence-corrected chi connectivity index (χ3v) is 4.65. The Morgan fingerprint density at radius 1 is 1.25 bits per heavy atom. The molecule has 1 N–H and O–H groups in total. The molecule has 1 aliphatic rings. The van der Waals surface area contributed by atoms with Crippen molar-refractivity contribution in [3.8, 4) is 5.75 Å². The van der Waals surface area contributed by atoms with Gasteiger partial charge in [-0.1, -0.05) is 49.8 Å². The Labute approximate surface area is 123 Å². The Kier molecular flexibility index (Phi) is 5.90. The van der Waals surface area contributed by atoms with Gasteiger partial charge in [-0.25, -0.2) is 0 Å². The number of ether oxygens (including phenoxy) is 1. The van der Waals surface area contributed by atoms with Crippen LogP contribution >= 0.6 is 0 Å². The van der Waals surface area contributed by atoms with Gasteiger partial charge in [0.1, 0.15) is 5.75 Å². The van der Waals surface area contributed by atoms with Gasteiger partial charge < -0.3 is 10.1 Å². The van der Waals surface area contributed by atoms with Crippen LogP contribution in [0.15, 0.2) is 18.2 Å². The lowest BCUT2D eigenvalue weighted by Crippen LogP contribution is -2.31. The molecule has 2 rings (SSSR count). The highest BCUT2D eigenvalue weighted by molar-refractivity contribution is 5.37. The van der Waals surface area contributed by atoms with Crippen LogP contribution in [0.25, 0.3) is 0 Å². The highest BCUT2D eigenvalue weighted by atomic mass is 16.5. The van der Waals surface area contributed by atoms with E-state index < -0.39 is 0 Å². The van der Waals surface area contributed by atoms with E-state index in [9.17, 15) is 0 Å². The van der Waals surface area contributed by atoms with Gasteiger partial charge in [-0.15, -0.1) is 0 Å². The van der Waals surface area contributed by atoms with E-state index >= 15 is 0 Å². The third kappa shape index (κ3) is 4.24. The van der Waals surface area contributed by atoms with Crippen molar-refractivity contribution in [1.29, 1.82) is 0 Å². The molecule has 112 valence electrons. The zero-order chi connectivity index (χ0) is 14.4. The molecule has 0 saturated heterocycles. The Bertz CT molecular complexity index is 410. The molecule has 2 heteroatoms.